The van der Waals surface area contributed by atoms with Gasteiger partial charge in [-0.25, -0.2) is 0 Å². The van der Waals surface area contributed by atoms with E-state index in [1.807, 2.05) is 0 Å². The van der Waals surface area contributed by atoms with Crippen LogP contribution in [0.15, 0.2) is 72.4 Å². The molecule has 0 aromatic rings. The van der Waals surface area contributed by atoms with Crippen molar-refractivity contribution in [1.29, 1.82) is 0 Å². The van der Waals surface area contributed by atoms with E-state index in [0.29, 0.717) is 47.8 Å². The molecule has 5 aliphatic carbocycles. The molecule has 1 N–H and O–H groups in total. The van der Waals surface area contributed by atoms with Gasteiger partial charge in [-0.3, -0.25) is 5.32 Å². The maximum absolute atomic E-state index is 4.24. The van der Waals surface area contributed by atoms with Gasteiger partial charge in [-0.15, -0.1) is 0 Å². The molecule has 1 aliphatic heterocycles. The SMILES string of the molecule is CC(C)[C@@H]1NC2C(C3CCCCC3)=CC=C[C@H]2N1[Si](C)(C)C1C2C=CC=CC2C2C=CC=CC21. The van der Waals surface area contributed by atoms with Crippen molar-refractivity contribution >= 4 is 8.24 Å². The Morgan fingerprint density at radius 1 is 0.794 bits per heavy atom. The Morgan fingerprint density at radius 3 is 1.97 bits per heavy atom. The van der Waals surface area contributed by atoms with Crippen molar-refractivity contribution in [2.45, 2.75) is 82.8 Å². The molecule has 1 saturated heterocycles. The number of rotatable bonds is 4. The smallest absolute Gasteiger partial charge is 0.129 e. The summed E-state index contributed by atoms with van der Waals surface area (Å²) in [5, 5.41) is 4.24. The third-order valence-electron chi connectivity index (χ3n) is 10.2. The summed E-state index contributed by atoms with van der Waals surface area (Å²) >= 11 is 0. The lowest BCUT2D eigenvalue weighted by Gasteiger charge is -2.49. The summed E-state index contributed by atoms with van der Waals surface area (Å²) in [4.78, 5) is 0. The minimum absolute atomic E-state index is 0.468. The van der Waals surface area contributed by atoms with Crippen molar-refractivity contribution in [3.63, 3.8) is 0 Å². The standard InChI is InChI=1S/C31H44N2Si/c1-21(2)31-32-29-23(22-13-6-5-7-14-22)19-12-20-28(29)33(31)34(3,4)30-26-17-10-8-15-24(26)25-16-9-11-18-27(25)30/h8-12,15-22,24-32H,5-7,13-14H2,1-4H3/t24?,25?,26?,27?,28-,29?,30?,31-/m1/s1. The van der Waals surface area contributed by atoms with Crippen LogP contribution in [0.25, 0.3) is 0 Å². The van der Waals surface area contributed by atoms with Gasteiger partial charge in [-0.2, -0.15) is 0 Å². The van der Waals surface area contributed by atoms with Gasteiger partial charge in [-0.05, 0) is 59.5 Å². The number of hydrogen-bond acceptors (Lipinski definition) is 2. The Labute approximate surface area is 208 Å². The van der Waals surface area contributed by atoms with Gasteiger partial charge in [0, 0.05) is 12.1 Å². The minimum atomic E-state index is -1.84. The molecule has 34 heavy (non-hydrogen) atoms. The fourth-order valence-electron chi connectivity index (χ4n) is 8.81. The molecule has 0 amide bonds. The van der Waals surface area contributed by atoms with E-state index in [1.165, 1.54) is 32.1 Å². The van der Waals surface area contributed by atoms with E-state index in [-0.39, 0.29) is 0 Å². The highest BCUT2D eigenvalue weighted by Gasteiger charge is 2.59. The Bertz CT molecular complexity index is 926. The third kappa shape index (κ3) is 3.57. The van der Waals surface area contributed by atoms with E-state index in [0.717, 1.165) is 11.5 Å². The van der Waals surface area contributed by atoms with Gasteiger partial charge >= 0.3 is 0 Å². The molecule has 1 heterocycles. The van der Waals surface area contributed by atoms with Crippen LogP contribution >= 0.6 is 0 Å². The molecule has 0 aromatic carbocycles. The summed E-state index contributed by atoms with van der Waals surface area (Å²) < 4.78 is 3.07. The molecule has 0 radical (unpaired) electrons. The highest BCUT2D eigenvalue weighted by atomic mass is 28.3. The molecule has 3 heteroatoms. The van der Waals surface area contributed by atoms with Gasteiger partial charge in [0.15, 0.2) is 0 Å². The quantitative estimate of drug-likeness (QED) is 0.443. The van der Waals surface area contributed by atoms with Crippen LogP contribution in [-0.2, 0) is 0 Å². The largest absolute Gasteiger partial charge is 0.301 e. The Kier molecular flexibility index (Phi) is 6.03. The molecule has 2 saturated carbocycles. The number of hydrogen-bond donors (Lipinski definition) is 1. The summed E-state index contributed by atoms with van der Waals surface area (Å²) in [6, 6.07) is 1.02. The molecule has 2 nitrogen and oxygen atoms in total. The van der Waals surface area contributed by atoms with E-state index >= 15 is 0 Å². The van der Waals surface area contributed by atoms with Crippen LogP contribution < -0.4 is 5.32 Å². The van der Waals surface area contributed by atoms with Crippen molar-refractivity contribution in [3.05, 3.63) is 72.4 Å². The lowest BCUT2D eigenvalue weighted by atomic mass is 9.78. The predicted molar refractivity (Wildman–Crippen MR) is 147 cm³/mol. The fourth-order valence-corrected chi connectivity index (χ4v) is 13.8. The van der Waals surface area contributed by atoms with Crippen molar-refractivity contribution in [3.8, 4) is 0 Å². The van der Waals surface area contributed by atoms with E-state index in [9.17, 15) is 0 Å². The molecule has 0 bridgehead atoms. The summed E-state index contributed by atoms with van der Waals surface area (Å²) in [7, 11) is -1.84. The average Bonchev–Trinajstić information content (AvgIpc) is 3.42. The Balaban J connectivity index is 1.37. The monoisotopic (exact) mass is 472 g/mol. The highest BCUT2D eigenvalue weighted by molar-refractivity contribution is 6.76. The normalized spacial score (nSPS) is 41.6. The molecule has 7 atom stereocenters. The van der Waals surface area contributed by atoms with Crippen molar-refractivity contribution < 1.29 is 0 Å². The number of fused-ring (bicyclic) bond motifs is 4. The van der Waals surface area contributed by atoms with Crippen molar-refractivity contribution in [1.82, 2.24) is 9.88 Å². The van der Waals surface area contributed by atoms with E-state index in [2.05, 4.69) is 104 Å². The number of allylic oxidation sites excluding steroid dienone is 10. The first kappa shape index (κ1) is 23.0. The van der Waals surface area contributed by atoms with Crippen LogP contribution in [-0.4, -0.2) is 31.1 Å². The van der Waals surface area contributed by atoms with Gasteiger partial charge in [0.1, 0.15) is 8.24 Å². The molecular formula is C31H44N2Si. The predicted octanol–water partition coefficient (Wildman–Crippen LogP) is 6.99. The van der Waals surface area contributed by atoms with Crippen LogP contribution in [0.5, 0.6) is 0 Å². The van der Waals surface area contributed by atoms with E-state index < -0.39 is 8.24 Å². The van der Waals surface area contributed by atoms with Gasteiger partial charge in [0.25, 0.3) is 0 Å². The molecule has 5 unspecified atom stereocenters. The molecule has 3 fully saturated rings. The Hall–Kier alpha value is -1.42. The molecule has 182 valence electrons. The summed E-state index contributed by atoms with van der Waals surface area (Å²) in [5.74, 6) is 4.06. The first-order valence-electron chi connectivity index (χ1n) is 14.1. The average molecular weight is 473 g/mol. The third-order valence-corrected chi connectivity index (χ3v) is 14.5. The van der Waals surface area contributed by atoms with Crippen LogP contribution in [0.4, 0.5) is 0 Å². The highest BCUT2D eigenvalue weighted by Crippen LogP contribution is 2.59. The summed E-state index contributed by atoms with van der Waals surface area (Å²) in [5.41, 5.74) is 2.46. The lowest BCUT2D eigenvalue weighted by molar-refractivity contribution is 0.258. The Morgan fingerprint density at radius 2 is 1.38 bits per heavy atom. The first-order valence-corrected chi connectivity index (χ1v) is 17.1. The van der Waals surface area contributed by atoms with Crippen molar-refractivity contribution in [2.24, 2.45) is 35.5 Å². The van der Waals surface area contributed by atoms with E-state index in [1.54, 1.807) is 5.57 Å². The molecular weight excluding hydrogens is 428 g/mol. The second-order valence-electron chi connectivity index (χ2n) is 12.6. The second kappa shape index (κ2) is 8.91. The van der Waals surface area contributed by atoms with Crippen LogP contribution in [0.1, 0.15) is 46.0 Å². The summed E-state index contributed by atoms with van der Waals surface area (Å²) in [6.07, 6.45) is 34.4. The second-order valence-corrected chi connectivity index (χ2v) is 17.1. The maximum Gasteiger partial charge on any atom is 0.129 e. The van der Waals surface area contributed by atoms with E-state index in [4.69, 9.17) is 0 Å². The zero-order valence-corrected chi connectivity index (χ0v) is 22.6. The molecule has 0 aromatic heterocycles. The number of nitrogens with one attached hydrogen (secondary N) is 1. The number of nitrogens with zero attached hydrogens (tertiary/aromatic N) is 1. The molecule has 0 spiro atoms. The topological polar surface area (TPSA) is 15.3 Å². The van der Waals surface area contributed by atoms with Gasteiger partial charge < -0.3 is 4.57 Å². The first-order chi connectivity index (χ1) is 16.5. The van der Waals surface area contributed by atoms with Gasteiger partial charge in [-0.1, -0.05) is 113 Å². The maximum atomic E-state index is 4.24. The lowest BCUT2D eigenvalue weighted by Crippen LogP contribution is -2.61. The minimum Gasteiger partial charge on any atom is -0.301 e. The zero-order valence-electron chi connectivity index (χ0n) is 21.6. The fraction of sp³-hybridized carbons (Fsp3) is 0.613. The molecule has 6 aliphatic rings. The van der Waals surface area contributed by atoms with Gasteiger partial charge in [0.2, 0.25) is 0 Å². The van der Waals surface area contributed by atoms with Gasteiger partial charge in [0.05, 0.1) is 6.17 Å². The van der Waals surface area contributed by atoms with Crippen LogP contribution in [0.2, 0.25) is 18.6 Å². The van der Waals surface area contributed by atoms with Crippen LogP contribution in [0.3, 0.4) is 0 Å². The summed E-state index contributed by atoms with van der Waals surface area (Å²) in [6.45, 7) is 10.3. The molecule has 6 rings (SSSR count). The zero-order chi connectivity index (χ0) is 23.4. The van der Waals surface area contributed by atoms with Crippen LogP contribution in [0, 0.1) is 35.5 Å². The van der Waals surface area contributed by atoms with Crippen molar-refractivity contribution in [2.75, 3.05) is 0 Å².